The Kier molecular flexibility index (Phi) is 7.79. The van der Waals surface area contributed by atoms with E-state index >= 15 is 0 Å². The van der Waals surface area contributed by atoms with E-state index in [1.807, 2.05) is 30.3 Å². The van der Waals surface area contributed by atoms with Crippen LogP contribution in [0.2, 0.25) is 0 Å². The van der Waals surface area contributed by atoms with Gasteiger partial charge in [-0.05, 0) is 37.6 Å². The molecule has 0 fully saturated rings. The molecule has 2 aromatic rings. The number of hydrogen-bond acceptors (Lipinski definition) is 7. The van der Waals surface area contributed by atoms with E-state index in [-0.39, 0.29) is 17.2 Å². The zero-order chi connectivity index (χ0) is 24.0. The number of non-ortho nitro benzene ring substituents is 1. The van der Waals surface area contributed by atoms with Gasteiger partial charge < -0.3 is 9.47 Å². The van der Waals surface area contributed by atoms with E-state index in [4.69, 9.17) is 9.47 Å². The lowest BCUT2D eigenvalue weighted by Gasteiger charge is -2.40. The number of sulfonamides is 1. The standard InChI is InChI=1S/C22H25N3O7S/c1-3-31-21-14-13-20(23-33(29,30)19-11-9-18(10-12-19)25(27)28)16(2)24(21)22(26)32-15-17-7-5-4-6-8-17/h4-14,16,20-21,23H,3,15H2,1-2H3/t16-,20-,21+/m1/s1. The molecule has 11 heteroatoms. The molecule has 1 aliphatic rings. The van der Waals surface area contributed by atoms with Gasteiger partial charge in [-0.1, -0.05) is 36.4 Å². The smallest absolute Gasteiger partial charge is 0.412 e. The van der Waals surface area contributed by atoms with Gasteiger partial charge in [0.1, 0.15) is 6.61 Å². The van der Waals surface area contributed by atoms with Gasteiger partial charge in [0, 0.05) is 18.7 Å². The van der Waals surface area contributed by atoms with Gasteiger partial charge in [0.05, 0.1) is 21.9 Å². The van der Waals surface area contributed by atoms with Crippen molar-refractivity contribution in [2.75, 3.05) is 6.61 Å². The topological polar surface area (TPSA) is 128 Å². The van der Waals surface area contributed by atoms with E-state index in [1.54, 1.807) is 26.0 Å². The Morgan fingerprint density at radius 1 is 1.12 bits per heavy atom. The Hall–Kier alpha value is -3.28. The summed E-state index contributed by atoms with van der Waals surface area (Å²) in [7, 11) is -4.01. The number of carbonyl (C=O) groups excluding carboxylic acids is 1. The fourth-order valence-electron chi connectivity index (χ4n) is 3.38. The summed E-state index contributed by atoms with van der Waals surface area (Å²) >= 11 is 0. The molecule has 0 spiro atoms. The second-order valence-electron chi connectivity index (χ2n) is 7.32. The maximum Gasteiger partial charge on any atom is 0.412 e. The fraction of sp³-hybridized carbons (Fsp3) is 0.318. The van der Waals surface area contributed by atoms with E-state index in [9.17, 15) is 23.3 Å². The summed E-state index contributed by atoms with van der Waals surface area (Å²) in [6, 6.07) is 12.3. The molecule has 1 N–H and O–H groups in total. The van der Waals surface area contributed by atoms with Gasteiger partial charge in [-0.2, -0.15) is 0 Å². The molecule has 1 aliphatic heterocycles. The van der Waals surface area contributed by atoms with Gasteiger partial charge in [-0.25, -0.2) is 17.9 Å². The molecule has 0 bridgehead atoms. The minimum atomic E-state index is -4.01. The minimum Gasteiger partial charge on any atom is -0.444 e. The van der Waals surface area contributed by atoms with Crippen molar-refractivity contribution in [3.63, 3.8) is 0 Å². The van der Waals surface area contributed by atoms with Crippen LogP contribution in [-0.4, -0.2) is 49.3 Å². The third-order valence-corrected chi connectivity index (χ3v) is 6.59. The van der Waals surface area contributed by atoms with Crippen molar-refractivity contribution in [1.29, 1.82) is 0 Å². The minimum absolute atomic E-state index is 0.0602. The maximum absolute atomic E-state index is 12.9. The van der Waals surface area contributed by atoms with Crippen molar-refractivity contribution in [2.45, 2.75) is 43.7 Å². The summed E-state index contributed by atoms with van der Waals surface area (Å²) < 4.78 is 39.3. The number of benzene rings is 2. The first-order chi connectivity index (χ1) is 15.7. The number of amides is 1. The van der Waals surface area contributed by atoms with Gasteiger partial charge in [-0.15, -0.1) is 0 Å². The molecule has 10 nitrogen and oxygen atoms in total. The second-order valence-corrected chi connectivity index (χ2v) is 9.03. The largest absolute Gasteiger partial charge is 0.444 e. The molecule has 0 saturated heterocycles. The van der Waals surface area contributed by atoms with E-state index in [0.717, 1.165) is 29.8 Å². The van der Waals surface area contributed by atoms with Crippen molar-refractivity contribution in [2.24, 2.45) is 0 Å². The molecular weight excluding hydrogens is 450 g/mol. The number of carbonyl (C=O) groups is 1. The highest BCUT2D eigenvalue weighted by Gasteiger charge is 2.37. The fourth-order valence-corrected chi connectivity index (χ4v) is 4.64. The predicted molar refractivity (Wildman–Crippen MR) is 120 cm³/mol. The lowest BCUT2D eigenvalue weighted by atomic mass is 10.0. The van der Waals surface area contributed by atoms with Crippen molar-refractivity contribution in [3.8, 4) is 0 Å². The van der Waals surface area contributed by atoms with Crippen LogP contribution in [0.15, 0.2) is 71.6 Å². The molecule has 0 radical (unpaired) electrons. The number of nitrogens with zero attached hydrogens (tertiary/aromatic N) is 2. The number of nitrogens with one attached hydrogen (secondary N) is 1. The van der Waals surface area contributed by atoms with Gasteiger partial charge in [0.25, 0.3) is 5.69 Å². The van der Waals surface area contributed by atoms with Crippen LogP contribution in [0.4, 0.5) is 10.5 Å². The Balaban J connectivity index is 1.76. The van der Waals surface area contributed by atoms with E-state index in [1.165, 1.54) is 4.90 Å². The average Bonchev–Trinajstić information content (AvgIpc) is 2.80. The summed E-state index contributed by atoms with van der Waals surface area (Å²) in [6.45, 7) is 3.87. The molecule has 0 aromatic heterocycles. The molecule has 176 valence electrons. The Morgan fingerprint density at radius 2 is 1.79 bits per heavy atom. The Bertz CT molecular complexity index is 1100. The molecule has 3 atom stereocenters. The number of nitro benzene ring substituents is 1. The molecule has 1 heterocycles. The van der Waals surface area contributed by atoms with Crippen molar-refractivity contribution in [1.82, 2.24) is 9.62 Å². The van der Waals surface area contributed by atoms with Crippen LogP contribution in [0.5, 0.6) is 0 Å². The first kappa shape index (κ1) is 24.4. The molecule has 0 aliphatic carbocycles. The number of ether oxygens (including phenoxy) is 2. The third-order valence-electron chi connectivity index (χ3n) is 5.12. The summed E-state index contributed by atoms with van der Waals surface area (Å²) in [4.78, 5) is 24.3. The van der Waals surface area contributed by atoms with Crippen LogP contribution < -0.4 is 4.72 Å². The first-order valence-electron chi connectivity index (χ1n) is 10.3. The SMILES string of the molecule is CCO[C@H]1C=C[C@@H](NS(=O)(=O)c2ccc([N+](=O)[O-])cc2)[C@@H](C)N1C(=O)OCc1ccccc1. The number of nitro groups is 1. The quantitative estimate of drug-likeness (QED) is 0.353. The van der Waals surface area contributed by atoms with Gasteiger partial charge in [0.2, 0.25) is 10.0 Å². The summed E-state index contributed by atoms with van der Waals surface area (Å²) in [5.74, 6) is 0. The molecule has 1 amide bonds. The maximum atomic E-state index is 12.9. The van der Waals surface area contributed by atoms with E-state index < -0.39 is 39.4 Å². The van der Waals surface area contributed by atoms with Crippen LogP contribution in [0.1, 0.15) is 19.4 Å². The summed E-state index contributed by atoms with van der Waals surface area (Å²) in [5.41, 5.74) is 0.598. The Morgan fingerprint density at radius 3 is 2.39 bits per heavy atom. The highest BCUT2D eigenvalue weighted by molar-refractivity contribution is 7.89. The van der Waals surface area contributed by atoms with Crippen LogP contribution in [0.3, 0.4) is 0 Å². The molecule has 0 saturated carbocycles. The monoisotopic (exact) mass is 475 g/mol. The lowest BCUT2D eigenvalue weighted by molar-refractivity contribution is -0.384. The third kappa shape index (κ3) is 5.95. The average molecular weight is 476 g/mol. The lowest BCUT2D eigenvalue weighted by Crippen LogP contribution is -2.57. The van der Waals surface area contributed by atoms with Crippen LogP contribution >= 0.6 is 0 Å². The van der Waals surface area contributed by atoms with Crippen LogP contribution in [0.25, 0.3) is 0 Å². The van der Waals surface area contributed by atoms with Gasteiger partial charge >= 0.3 is 6.09 Å². The Labute approximate surface area is 192 Å². The molecule has 33 heavy (non-hydrogen) atoms. The van der Waals surface area contributed by atoms with E-state index in [2.05, 4.69) is 4.72 Å². The van der Waals surface area contributed by atoms with E-state index in [0.29, 0.717) is 6.61 Å². The first-order valence-corrected chi connectivity index (χ1v) is 11.8. The normalized spacial score (nSPS) is 20.4. The molecule has 0 unspecified atom stereocenters. The highest BCUT2D eigenvalue weighted by Crippen LogP contribution is 2.23. The molecule has 2 aromatic carbocycles. The van der Waals surface area contributed by atoms with Crippen molar-refractivity contribution < 1.29 is 27.6 Å². The highest BCUT2D eigenvalue weighted by atomic mass is 32.2. The molecule has 3 rings (SSSR count). The second kappa shape index (κ2) is 10.6. The van der Waals surface area contributed by atoms with Crippen molar-refractivity contribution >= 4 is 21.8 Å². The number of hydrogen-bond donors (Lipinski definition) is 1. The predicted octanol–water partition coefficient (Wildman–Crippen LogP) is 3.20. The van der Waals surface area contributed by atoms with Crippen LogP contribution in [-0.2, 0) is 26.1 Å². The van der Waals surface area contributed by atoms with Gasteiger partial charge in [0.15, 0.2) is 6.23 Å². The van der Waals surface area contributed by atoms with Crippen molar-refractivity contribution in [3.05, 3.63) is 82.4 Å². The number of rotatable bonds is 8. The zero-order valence-electron chi connectivity index (χ0n) is 18.2. The van der Waals surface area contributed by atoms with Crippen LogP contribution in [0, 0.1) is 10.1 Å². The summed E-state index contributed by atoms with van der Waals surface area (Å²) in [6.07, 6.45) is 1.85. The summed E-state index contributed by atoms with van der Waals surface area (Å²) in [5, 5.41) is 10.8. The van der Waals surface area contributed by atoms with Gasteiger partial charge in [-0.3, -0.25) is 15.0 Å². The molecular formula is C22H25N3O7S. The zero-order valence-corrected chi connectivity index (χ0v) is 19.0.